The van der Waals surface area contributed by atoms with Crippen molar-refractivity contribution < 1.29 is 55.9 Å². The van der Waals surface area contributed by atoms with Crippen molar-refractivity contribution in [2.75, 3.05) is 0 Å². The third-order valence-electron chi connectivity index (χ3n) is 0. The second-order valence-corrected chi connectivity index (χ2v) is 1.22. The predicted molar refractivity (Wildman–Crippen MR) is 35.5 cm³/mol. The van der Waals surface area contributed by atoms with Crippen LogP contribution in [0.2, 0.25) is 0 Å². The summed E-state index contributed by atoms with van der Waals surface area (Å²) in [6.45, 7) is 0. The van der Waals surface area contributed by atoms with Gasteiger partial charge in [0.25, 0.3) is 0 Å². The monoisotopic (exact) mass is 266 g/mol. The van der Waals surface area contributed by atoms with Gasteiger partial charge in [0.1, 0.15) is 0 Å². The molecule has 0 heterocycles. The van der Waals surface area contributed by atoms with Crippen molar-refractivity contribution in [3.63, 3.8) is 0 Å². The summed E-state index contributed by atoms with van der Waals surface area (Å²) in [6, 6.07) is 0. The number of rotatable bonds is 0. The molecule has 88 valence electrons. The van der Waals surface area contributed by atoms with Crippen molar-refractivity contribution in [3.8, 4) is 0 Å². The largest absolute Gasteiger partial charge is 3.00 e. The Balaban J connectivity index is -0.00000000222. The second-order valence-electron chi connectivity index (χ2n) is 0.408. The Kier molecular flexibility index (Phi) is 417. The zero-order valence-electron chi connectivity index (χ0n) is 6.46. The van der Waals surface area contributed by atoms with Gasteiger partial charge in [0, 0.05) is 10.4 Å². The summed E-state index contributed by atoms with van der Waals surface area (Å²) in [5.74, 6) is 0. The van der Waals surface area contributed by atoms with Crippen molar-refractivity contribution >= 4 is 50.8 Å². The van der Waals surface area contributed by atoms with Crippen LogP contribution in [0.25, 0.3) is 0 Å². The van der Waals surface area contributed by atoms with Crippen molar-refractivity contribution in [2.24, 2.45) is 0 Å². The maximum Gasteiger partial charge on any atom is 3.00 e. The molecule has 0 spiro atoms. The van der Waals surface area contributed by atoms with Crippen LogP contribution in [0, 0.1) is 0 Å². The molecule has 7 N–H and O–H groups in total. The topological polar surface area (TPSA) is 290 Å². The van der Waals surface area contributed by atoms with Crippen LogP contribution in [0.4, 0.5) is 0 Å². The van der Waals surface area contributed by atoms with E-state index in [9.17, 15) is 0 Å². The third kappa shape index (κ3) is 2310. The van der Waals surface area contributed by atoms with Crippen molar-refractivity contribution in [3.05, 3.63) is 0 Å². The standard InChI is InChI=1S/Al.Mg.H2O4S.7H2O/c;;1-5(2,3)4;;;;;;;/h;;(H2,1,2,3,4);7*1H2/q+3;+2;;;;;;;;/p-9. The molecular formula is H7AlMgO11S-4. The predicted octanol–water partition coefficient (Wildman–Crippen LogP) is -3.34. The van der Waals surface area contributed by atoms with Crippen molar-refractivity contribution in [1.82, 2.24) is 0 Å². The molecule has 0 fully saturated rings. The molecule has 14 heavy (non-hydrogen) atoms. The fraction of sp³-hybridized carbons (Fsp3) is 0. The van der Waals surface area contributed by atoms with Crippen LogP contribution >= 0.6 is 0 Å². The second kappa shape index (κ2) is 48.6. The van der Waals surface area contributed by atoms with Gasteiger partial charge in [-0.2, -0.15) is 0 Å². The molecule has 0 saturated heterocycles. The summed E-state index contributed by atoms with van der Waals surface area (Å²) >= 11 is 0. The fourth-order valence-corrected chi connectivity index (χ4v) is 0. The fourth-order valence-electron chi connectivity index (χ4n) is 0. The first kappa shape index (κ1) is 120. The first-order chi connectivity index (χ1) is 2.00. The van der Waals surface area contributed by atoms with Crippen molar-refractivity contribution in [2.45, 2.75) is 0 Å². The molecule has 0 unspecified atom stereocenters. The van der Waals surface area contributed by atoms with Crippen LogP contribution in [0.15, 0.2) is 0 Å². The zero-order chi connectivity index (χ0) is 4.50. The summed E-state index contributed by atoms with van der Waals surface area (Å²) < 4.78 is 34.1. The van der Waals surface area contributed by atoms with Crippen LogP contribution in [0.1, 0.15) is 0 Å². The van der Waals surface area contributed by atoms with E-state index in [0.717, 1.165) is 0 Å². The van der Waals surface area contributed by atoms with Gasteiger partial charge in [0.2, 0.25) is 0 Å². The molecule has 0 rings (SSSR count). The maximum absolute atomic E-state index is 8.52. The average molecular weight is 266 g/mol. The maximum atomic E-state index is 8.52. The van der Waals surface area contributed by atoms with E-state index in [1.54, 1.807) is 0 Å². The summed E-state index contributed by atoms with van der Waals surface area (Å²) in [6.07, 6.45) is 0. The summed E-state index contributed by atoms with van der Waals surface area (Å²) in [7, 11) is -5.17. The molecular weight excluding hydrogens is 259 g/mol. The molecule has 0 aromatic carbocycles. The normalized spacial score (nSPS) is 4.14. The molecule has 0 bridgehead atoms. The molecule has 0 aliphatic rings. The molecule has 0 radical (unpaired) electrons. The van der Waals surface area contributed by atoms with Crippen LogP contribution in [0.3, 0.4) is 0 Å². The van der Waals surface area contributed by atoms with Gasteiger partial charge in [-0.1, -0.05) is 0 Å². The van der Waals surface area contributed by atoms with Gasteiger partial charge in [-0.15, -0.1) is 0 Å². The van der Waals surface area contributed by atoms with E-state index < -0.39 is 10.4 Å². The van der Waals surface area contributed by atoms with Gasteiger partial charge in [-0.3, -0.25) is 8.42 Å². The molecule has 14 heteroatoms. The van der Waals surface area contributed by atoms with E-state index in [1.807, 2.05) is 0 Å². The minimum absolute atomic E-state index is 0. The van der Waals surface area contributed by atoms with Crippen LogP contribution in [-0.2, 0) is 10.4 Å². The van der Waals surface area contributed by atoms with Gasteiger partial charge in [-0.25, -0.2) is 0 Å². The molecule has 0 saturated carbocycles. The minimum atomic E-state index is -5.17. The number of hydrogen-bond acceptors (Lipinski definition) is 11. The Morgan fingerprint density at radius 3 is 0.643 bits per heavy atom. The zero-order valence-corrected chi connectivity index (χ0v) is 9.84. The SMILES string of the molecule is O=S(=O)([O-])[O-].[Al+3].[Mg+2].[OH-].[OH-].[OH-].[OH-].[OH-].[OH-].[OH-]. The van der Waals surface area contributed by atoms with Gasteiger partial charge in [-0.05, 0) is 0 Å². The van der Waals surface area contributed by atoms with Crippen molar-refractivity contribution in [1.29, 1.82) is 0 Å². The molecule has 0 atom stereocenters. The van der Waals surface area contributed by atoms with Gasteiger partial charge in [0.15, 0.2) is 0 Å². The molecule has 0 aromatic heterocycles. The Labute approximate surface area is 107 Å². The van der Waals surface area contributed by atoms with E-state index in [1.165, 1.54) is 0 Å². The molecule has 0 aliphatic heterocycles. The van der Waals surface area contributed by atoms with Crippen LogP contribution in [0.5, 0.6) is 0 Å². The molecule has 0 amide bonds. The first-order valence-corrected chi connectivity index (χ1v) is 2.00. The average Bonchev–Trinajstić information content (AvgIpc) is 0.722. The molecule has 11 nitrogen and oxygen atoms in total. The van der Waals surface area contributed by atoms with Gasteiger partial charge >= 0.3 is 40.4 Å². The van der Waals surface area contributed by atoms with E-state index in [4.69, 9.17) is 17.5 Å². The van der Waals surface area contributed by atoms with Crippen LogP contribution < -0.4 is 0 Å². The number of hydrogen-bond donors (Lipinski definition) is 0. The Hall–Kier alpha value is 0.889. The van der Waals surface area contributed by atoms with E-state index in [-0.39, 0.29) is 78.7 Å². The van der Waals surface area contributed by atoms with E-state index in [2.05, 4.69) is 0 Å². The molecule has 0 aliphatic carbocycles. The smallest absolute Gasteiger partial charge is 0.870 e. The van der Waals surface area contributed by atoms with Crippen LogP contribution in [-0.4, -0.2) is 96.3 Å². The minimum Gasteiger partial charge on any atom is -0.870 e. The Bertz CT molecular complexity index is 98.5. The van der Waals surface area contributed by atoms with Gasteiger partial charge in [0.05, 0.1) is 0 Å². The summed E-state index contributed by atoms with van der Waals surface area (Å²) in [5.41, 5.74) is 0. The summed E-state index contributed by atoms with van der Waals surface area (Å²) in [4.78, 5) is 0. The van der Waals surface area contributed by atoms with E-state index >= 15 is 0 Å². The molecule has 0 aromatic rings. The van der Waals surface area contributed by atoms with E-state index in [0.29, 0.717) is 0 Å². The quantitative estimate of drug-likeness (QED) is 0.237. The Morgan fingerprint density at radius 1 is 0.643 bits per heavy atom. The summed E-state index contributed by atoms with van der Waals surface area (Å²) in [5, 5.41) is 0. The Morgan fingerprint density at radius 2 is 0.643 bits per heavy atom. The first-order valence-electron chi connectivity index (χ1n) is 0.667. The third-order valence-corrected chi connectivity index (χ3v) is 0. The van der Waals surface area contributed by atoms with Gasteiger partial charge < -0.3 is 47.4 Å².